The van der Waals surface area contributed by atoms with E-state index < -0.39 is 30.0 Å². The monoisotopic (exact) mass is 571 g/mol. The minimum Gasteiger partial charge on any atom is -0.406 e. The molecule has 0 saturated carbocycles. The Morgan fingerprint density at radius 3 is 2.53 bits per heavy atom. The number of alkyl halides is 3. The fourth-order valence-electron chi connectivity index (χ4n) is 3.07. The first-order valence-electron chi connectivity index (χ1n) is 11.0. The third-order valence-corrected chi connectivity index (χ3v) is 5.94. The van der Waals surface area contributed by atoms with Gasteiger partial charge in [-0.25, -0.2) is 9.29 Å². The van der Waals surface area contributed by atoms with Crippen LogP contribution in [0.3, 0.4) is 0 Å². The van der Waals surface area contributed by atoms with Gasteiger partial charge in [0.2, 0.25) is 5.91 Å². The number of carbonyl (C=O) groups excluding carboxylic acids is 2. The fourth-order valence-corrected chi connectivity index (χ4v) is 4.02. The smallest absolute Gasteiger partial charge is 0.406 e. The van der Waals surface area contributed by atoms with Gasteiger partial charge in [-0.2, -0.15) is 0 Å². The quantitative estimate of drug-likeness (QED) is 0.290. The zero-order valence-electron chi connectivity index (χ0n) is 19.8. The van der Waals surface area contributed by atoms with E-state index >= 15 is 0 Å². The Balaban J connectivity index is 0.00000507. The number of ether oxygens (including phenoxy) is 1. The van der Waals surface area contributed by atoms with E-state index in [1.807, 2.05) is 0 Å². The largest absolute Gasteiger partial charge is 0.573 e. The van der Waals surface area contributed by atoms with Crippen molar-refractivity contribution in [2.45, 2.75) is 31.0 Å². The lowest BCUT2D eigenvalue weighted by Crippen LogP contribution is -2.35. The minimum atomic E-state index is -4.83. The van der Waals surface area contributed by atoms with E-state index in [1.54, 1.807) is 24.3 Å². The summed E-state index contributed by atoms with van der Waals surface area (Å²) in [4.78, 5) is 33.5. The topological polar surface area (TPSA) is 131 Å². The van der Waals surface area contributed by atoms with Gasteiger partial charge in [-0.3, -0.25) is 14.6 Å². The van der Waals surface area contributed by atoms with Gasteiger partial charge in [0, 0.05) is 31.0 Å². The first-order chi connectivity index (χ1) is 17.7. The number of pyridine rings is 2. The third-order valence-electron chi connectivity index (χ3n) is 4.84. The number of nitrogens with zero attached hydrogens (tertiary/aromatic N) is 3. The second-order valence-corrected chi connectivity index (χ2v) is 8.58. The van der Waals surface area contributed by atoms with E-state index in [-0.39, 0.29) is 36.1 Å². The van der Waals surface area contributed by atoms with Gasteiger partial charge in [0.15, 0.2) is 0 Å². The molecule has 0 unspecified atom stereocenters. The molecule has 38 heavy (non-hydrogen) atoms. The number of nitrogens with one attached hydrogen (secondary N) is 1. The van der Waals surface area contributed by atoms with E-state index in [2.05, 4.69) is 20.0 Å². The molecule has 2 heterocycles. The van der Waals surface area contributed by atoms with Gasteiger partial charge < -0.3 is 20.9 Å². The van der Waals surface area contributed by atoms with Gasteiger partial charge in [0.25, 0.3) is 5.91 Å². The van der Waals surface area contributed by atoms with Crippen LogP contribution in [-0.4, -0.2) is 45.9 Å². The number of halogens is 4. The van der Waals surface area contributed by atoms with Crippen LogP contribution in [0.1, 0.15) is 28.8 Å². The summed E-state index contributed by atoms with van der Waals surface area (Å²) >= 11 is 1.09. The summed E-state index contributed by atoms with van der Waals surface area (Å²) in [5.41, 5.74) is 7.13. The van der Waals surface area contributed by atoms with Gasteiger partial charge in [0.05, 0.1) is 17.3 Å². The normalized spacial score (nSPS) is 11.7. The van der Waals surface area contributed by atoms with Crippen molar-refractivity contribution in [3.05, 3.63) is 78.2 Å². The molecule has 1 aromatic carbocycles. The molecular weight excluding hydrogens is 547 g/mol. The molecule has 2 amide bonds. The maximum Gasteiger partial charge on any atom is 0.573 e. The van der Waals surface area contributed by atoms with Crippen LogP contribution in [0.2, 0.25) is 0 Å². The van der Waals surface area contributed by atoms with Crippen molar-refractivity contribution in [3.8, 4) is 5.75 Å². The summed E-state index contributed by atoms with van der Waals surface area (Å²) < 4.78 is 42.8. The summed E-state index contributed by atoms with van der Waals surface area (Å²) in [7, 11) is 0. The Hall–Kier alpha value is -3.39. The maximum absolute atomic E-state index is 13.2. The van der Waals surface area contributed by atoms with Gasteiger partial charge in [-0.15, -0.1) is 25.6 Å². The highest BCUT2D eigenvalue weighted by molar-refractivity contribution is 8.00. The van der Waals surface area contributed by atoms with Gasteiger partial charge in [-0.1, -0.05) is 0 Å². The average molecular weight is 572 g/mol. The summed E-state index contributed by atoms with van der Waals surface area (Å²) in [5, 5.41) is 11.5. The van der Waals surface area contributed by atoms with Crippen LogP contribution < -0.4 is 20.1 Å². The molecule has 3 rings (SSSR count). The summed E-state index contributed by atoms with van der Waals surface area (Å²) in [5.74, 6) is -0.766. The predicted octanol–water partition coefficient (Wildman–Crippen LogP) is 4.33. The maximum atomic E-state index is 13.2. The molecule has 0 aliphatic carbocycles. The zero-order valence-corrected chi connectivity index (χ0v) is 21.4. The molecular formula is C24H25ClF3N5O4S. The molecule has 3 aromatic rings. The van der Waals surface area contributed by atoms with Crippen molar-refractivity contribution in [3.63, 3.8) is 0 Å². The highest BCUT2D eigenvalue weighted by Gasteiger charge is 2.31. The van der Waals surface area contributed by atoms with Crippen molar-refractivity contribution < 1.29 is 32.6 Å². The molecule has 0 spiro atoms. The van der Waals surface area contributed by atoms with E-state index in [0.717, 1.165) is 24.1 Å². The molecule has 0 bridgehead atoms. The van der Waals surface area contributed by atoms with Crippen LogP contribution in [0.25, 0.3) is 0 Å². The molecule has 2 aromatic heterocycles. The second kappa shape index (κ2) is 14.5. The number of aliphatic hydroxyl groups is 1. The standard InChI is InChI=1S/C24H24F3N5O4S.ClH/c25-24(26,27)36-19-7-5-18(6-8-19)32(23(35)17-3-1-10-29-14-17)37-15-16-9-11-30-21(13-16)31-22(34)20(28)4-2-12-33;/h1,3,5-11,13-14,20,33H,2,4,12,15,28H2,(H,30,31,34);1H/t20-;/m0./s1. The lowest BCUT2D eigenvalue weighted by molar-refractivity contribution is -0.274. The van der Waals surface area contributed by atoms with Crippen LogP contribution in [0.15, 0.2) is 67.1 Å². The Labute approximate surface area is 227 Å². The summed E-state index contributed by atoms with van der Waals surface area (Å²) in [6, 6.07) is 10.6. The number of carbonyl (C=O) groups is 2. The molecule has 9 nitrogen and oxygen atoms in total. The predicted molar refractivity (Wildman–Crippen MR) is 140 cm³/mol. The first kappa shape index (κ1) is 30.8. The molecule has 0 aliphatic rings. The van der Waals surface area contributed by atoms with Gasteiger partial charge in [-0.05, 0) is 78.9 Å². The molecule has 1 atom stereocenters. The Bertz CT molecular complexity index is 1190. The minimum absolute atomic E-state index is 0. The van der Waals surface area contributed by atoms with Crippen molar-refractivity contribution in [2.24, 2.45) is 5.73 Å². The van der Waals surface area contributed by atoms with Crippen LogP contribution in [0.5, 0.6) is 5.75 Å². The van der Waals surface area contributed by atoms with Crippen LogP contribution in [0.4, 0.5) is 24.7 Å². The van der Waals surface area contributed by atoms with Crippen molar-refractivity contribution in [1.82, 2.24) is 9.97 Å². The van der Waals surface area contributed by atoms with E-state index in [9.17, 15) is 22.8 Å². The van der Waals surface area contributed by atoms with Crippen molar-refractivity contribution in [2.75, 3.05) is 16.2 Å². The lowest BCUT2D eigenvalue weighted by atomic mass is 10.1. The van der Waals surface area contributed by atoms with Crippen LogP contribution >= 0.6 is 24.4 Å². The Kier molecular flexibility index (Phi) is 11.8. The number of aromatic nitrogens is 2. The lowest BCUT2D eigenvalue weighted by Gasteiger charge is -2.22. The summed E-state index contributed by atoms with van der Waals surface area (Å²) in [6.07, 6.45) is 0.260. The highest BCUT2D eigenvalue weighted by atomic mass is 35.5. The van der Waals surface area contributed by atoms with Crippen LogP contribution in [0, 0.1) is 0 Å². The average Bonchev–Trinajstić information content (AvgIpc) is 2.88. The SMILES string of the molecule is Cl.N[C@@H](CCCO)C(=O)Nc1cc(CSN(C(=O)c2cccnc2)c2ccc(OC(F)(F)F)cc2)ccn1. The number of anilines is 2. The molecule has 204 valence electrons. The van der Waals surface area contributed by atoms with Gasteiger partial charge >= 0.3 is 6.36 Å². The number of rotatable bonds is 11. The molecule has 0 radical (unpaired) electrons. The van der Waals surface area contributed by atoms with E-state index in [0.29, 0.717) is 24.1 Å². The molecule has 4 N–H and O–H groups in total. The Morgan fingerprint density at radius 2 is 1.89 bits per heavy atom. The molecule has 0 saturated heterocycles. The van der Waals surface area contributed by atoms with Crippen molar-refractivity contribution >= 4 is 47.7 Å². The Morgan fingerprint density at radius 1 is 1.16 bits per heavy atom. The number of benzene rings is 1. The van der Waals surface area contributed by atoms with Crippen LogP contribution in [-0.2, 0) is 10.5 Å². The number of hydrogen-bond donors (Lipinski definition) is 3. The van der Waals surface area contributed by atoms with Gasteiger partial charge in [0.1, 0.15) is 11.6 Å². The summed E-state index contributed by atoms with van der Waals surface area (Å²) in [6.45, 7) is -0.0711. The van der Waals surface area contributed by atoms with E-state index in [1.165, 1.54) is 35.0 Å². The molecule has 14 heteroatoms. The third kappa shape index (κ3) is 9.49. The highest BCUT2D eigenvalue weighted by Crippen LogP contribution is 2.31. The van der Waals surface area contributed by atoms with Crippen molar-refractivity contribution in [1.29, 1.82) is 0 Å². The second-order valence-electron chi connectivity index (χ2n) is 7.67. The molecule has 0 fully saturated rings. The zero-order chi connectivity index (χ0) is 26.8. The number of hydrogen-bond acceptors (Lipinski definition) is 8. The number of nitrogens with two attached hydrogens (primary N) is 1. The number of aliphatic hydroxyl groups excluding tert-OH is 1. The number of amides is 2. The first-order valence-corrected chi connectivity index (χ1v) is 12.0. The molecule has 0 aliphatic heterocycles. The fraction of sp³-hybridized carbons (Fsp3) is 0.250. The van der Waals surface area contributed by atoms with E-state index in [4.69, 9.17) is 10.8 Å².